The summed E-state index contributed by atoms with van der Waals surface area (Å²) in [6, 6.07) is 45.4. The van der Waals surface area contributed by atoms with Crippen molar-refractivity contribution in [2.24, 2.45) is 0 Å². The first-order valence-corrected chi connectivity index (χ1v) is 15.7. The summed E-state index contributed by atoms with van der Waals surface area (Å²) in [6.07, 6.45) is 9.71. The first-order chi connectivity index (χ1) is 21.7. The average Bonchev–Trinajstić information content (AvgIpc) is 3.07. The second-order valence-corrected chi connectivity index (χ2v) is 12.0. The molecular weight excluding hydrogens is 528 g/mol. The maximum absolute atomic E-state index is 4.08. The van der Waals surface area contributed by atoms with Crippen molar-refractivity contribution in [1.29, 1.82) is 0 Å². The summed E-state index contributed by atoms with van der Waals surface area (Å²) in [5.74, 6) is 0. The highest BCUT2D eigenvalue weighted by atomic mass is 14.2. The minimum Gasteiger partial charge on any atom is -0.0984 e. The molecule has 0 amide bonds. The number of benzene rings is 7. The van der Waals surface area contributed by atoms with E-state index in [0.29, 0.717) is 0 Å². The highest BCUT2D eigenvalue weighted by Gasteiger charge is 2.19. The zero-order valence-corrected chi connectivity index (χ0v) is 25.1. The molecule has 0 radical (unpaired) electrons. The van der Waals surface area contributed by atoms with E-state index in [0.717, 1.165) is 12.0 Å². The monoisotopic (exact) mass is 562 g/mol. The van der Waals surface area contributed by atoms with Crippen molar-refractivity contribution in [2.75, 3.05) is 0 Å². The van der Waals surface area contributed by atoms with Crippen LogP contribution in [0.4, 0.5) is 0 Å². The van der Waals surface area contributed by atoms with E-state index in [1.54, 1.807) is 0 Å². The van der Waals surface area contributed by atoms with Crippen molar-refractivity contribution in [3.8, 4) is 33.4 Å². The maximum Gasteiger partial charge on any atom is -0.00261 e. The third kappa shape index (κ3) is 4.29. The summed E-state index contributed by atoms with van der Waals surface area (Å²) in [4.78, 5) is 0. The van der Waals surface area contributed by atoms with E-state index < -0.39 is 0 Å². The second kappa shape index (κ2) is 10.8. The fraction of sp³-hybridized carbons (Fsp3) is 0.0909. The summed E-state index contributed by atoms with van der Waals surface area (Å²) in [5.41, 5.74) is 12.9. The minimum absolute atomic E-state index is 1.14. The van der Waals surface area contributed by atoms with Gasteiger partial charge in [0, 0.05) is 0 Å². The van der Waals surface area contributed by atoms with E-state index in [1.165, 1.54) is 95.2 Å². The largest absolute Gasteiger partial charge is 0.0984 e. The summed E-state index contributed by atoms with van der Waals surface area (Å²) in [7, 11) is 0. The lowest BCUT2D eigenvalue weighted by Gasteiger charge is -2.21. The summed E-state index contributed by atoms with van der Waals surface area (Å²) in [5, 5.41) is 8.01. The molecule has 0 N–H and O–H groups in total. The Hall–Kier alpha value is -5.20. The van der Waals surface area contributed by atoms with Gasteiger partial charge in [0.2, 0.25) is 0 Å². The molecule has 7 aromatic carbocycles. The minimum atomic E-state index is 1.14. The van der Waals surface area contributed by atoms with Crippen molar-refractivity contribution in [1.82, 2.24) is 0 Å². The van der Waals surface area contributed by atoms with Gasteiger partial charge in [-0.05, 0) is 132 Å². The Bertz CT molecular complexity index is 2220. The van der Waals surface area contributed by atoms with Crippen molar-refractivity contribution in [3.63, 3.8) is 0 Å². The Balaban J connectivity index is 1.38. The molecule has 0 spiro atoms. The van der Waals surface area contributed by atoms with Crippen molar-refractivity contribution in [3.05, 3.63) is 156 Å². The highest BCUT2D eigenvalue weighted by Crippen LogP contribution is 2.45. The van der Waals surface area contributed by atoms with Crippen LogP contribution in [0, 0.1) is 0 Å². The van der Waals surface area contributed by atoms with Crippen molar-refractivity contribution < 1.29 is 0 Å². The number of hydrogen-bond donors (Lipinski definition) is 0. The van der Waals surface area contributed by atoms with E-state index in [1.807, 2.05) is 6.08 Å². The number of allylic oxidation sites excluding steroid dienone is 1. The second-order valence-electron chi connectivity index (χ2n) is 12.0. The molecule has 0 atom stereocenters. The van der Waals surface area contributed by atoms with Crippen LogP contribution in [-0.2, 0) is 12.8 Å². The van der Waals surface area contributed by atoms with Crippen LogP contribution >= 0.6 is 0 Å². The molecule has 0 saturated heterocycles. The number of aryl methyl sites for hydroxylation is 2. The molecule has 8 rings (SSSR count). The molecule has 1 aliphatic rings. The number of rotatable bonds is 5. The highest BCUT2D eigenvalue weighted by molar-refractivity contribution is 6.22. The molecule has 0 unspecified atom stereocenters. The first-order valence-electron chi connectivity index (χ1n) is 15.7. The van der Waals surface area contributed by atoms with Crippen LogP contribution in [0.3, 0.4) is 0 Å². The van der Waals surface area contributed by atoms with Crippen molar-refractivity contribution >= 4 is 44.5 Å². The molecule has 0 fully saturated rings. The average molecular weight is 563 g/mol. The Morgan fingerprint density at radius 2 is 1.16 bits per heavy atom. The molecule has 0 aliphatic heterocycles. The Kier molecular flexibility index (Phi) is 6.50. The molecule has 0 bridgehead atoms. The molecule has 1 aliphatic carbocycles. The van der Waals surface area contributed by atoms with Crippen LogP contribution in [0.5, 0.6) is 0 Å². The zero-order chi connectivity index (χ0) is 29.6. The smallest absolute Gasteiger partial charge is 0.00261 e. The van der Waals surface area contributed by atoms with Crippen LogP contribution in [0.15, 0.2) is 134 Å². The van der Waals surface area contributed by atoms with E-state index in [9.17, 15) is 0 Å². The Morgan fingerprint density at radius 1 is 0.523 bits per heavy atom. The molecule has 7 aromatic rings. The molecule has 0 heteroatoms. The SMILES string of the molecule is C=Cc1cc(-c2cccc(-c3c4ccccc4c(-c4cc5c6c(cccc6c4)CCC5)c4ccccc34)c2)ccc1/C=C\C. The van der Waals surface area contributed by atoms with Crippen LogP contribution in [0.2, 0.25) is 0 Å². The van der Waals surface area contributed by atoms with E-state index in [4.69, 9.17) is 0 Å². The molecule has 0 aromatic heterocycles. The van der Waals surface area contributed by atoms with Crippen LogP contribution < -0.4 is 0 Å². The molecule has 0 saturated carbocycles. The van der Waals surface area contributed by atoms with Gasteiger partial charge in [0.05, 0.1) is 0 Å². The fourth-order valence-corrected chi connectivity index (χ4v) is 7.49. The predicted octanol–water partition coefficient (Wildman–Crippen LogP) is 12.3. The van der Waals surface area contributed by atoms with Gasteiger partial charge in [-0.3, -0.25) is 0 Å². The van der Waals surface area contributed by atoms with Crippen LogP contribution in [0.1, 0.15) is 35.6 Å². The van der Waals surface area contributed by atoms with Gasteiger partial charge in [0.25, 0.3) is 0 Å². The van der Waals surface area contributed by atoms with Gasteiger partial charge in [-0.15, -0.1) is 0 Å². The normalized spacial score (nSPS) is 12.8. The zero-order valence-electron chi connectivity index (χ0n) is 25.1. The Labute approximate surface area is 259 Å². The molecule has 0 nitrogen and oxygen atoms in total. The van der Waals surface area contributed by atoms with Crippen molar-refractivity contribution in [2.45, 2.75) is 26.2 Å². The van der Waals surface area contributed by atoms with E-state index >= 15 is 0 Å². The summed E-state index contributed by atoms with van der Waals surface area (Å²) >= 11 is 0. The van der Waals surface area contributed by atoms with Gasteiger partial charge in [-0.1, -0.05) is 128 Å². The third-order valence-corrected chi connectivity index (χ3v) is 9.39. The van der Waals surface area contributed by atoms with Gasteiger partial charge >= 0.3 is 0 Å². The molecule has 210 valence electrons. The molecule has 0 heterocycles. The quantitative estimate of drug-likeness (QED) is 0.183. The number of fused-ring (bicyclic) bond motifs is 2. The lowest BCUT2D eigenvalue weighted by atomic mass is 9.82. The lowest BCUT2D eigenvalue weighted by Crippen LogP contribution is -2.01. The van der Waals surface area contributed by atoms with Gasteiger partial charge in [0.1, 0.15) is 0 Å². The van der Waals surface area contributed by atoms with Gasteiger partial charge in [0.15, 0.2) is 0 Å². The topological polar surface area (TPSA) is 0 Å². The molecule has 44 heavy (non-hydrogen) atoms. The Morgan fingerprint density at radius 3 is 1.86 bits per heavy atom. The third-order valence-electron chi connectivity index (χ3n) is 9.39. The van der Waals surface area contributed by atoms with E-state index in [-0.39, 0.29) is 0 Å². The van der Waals surface area contributed by atoms with Crippen LogP contribution in [-0.4, -0.2) is 0 Å². The van der Waals surface area contributed by atoms with E-state index in [2.05, 4.69) is 147 Å². The maximum atomic E-state index is 4.08. The molecular formula is C44H34. The first kappa shape index (κ1) is 26.4. The lowest BCUT2D eigenvalue weighted by molar-refractivity contribution is 0.808. The standard InChI is InChI=1S/C44H34/c1-3-12-30-23-24-33(25-29(30)4-2)32-15-11-18-36(26-32)43-38-19-5-7-21-40(38)44(41-22-8-6-20-39(41)43)37-27-34-16-9-13-31-14-10-17-35(28-37)42(31)34/h3-9,11-13,15-16,18-28H,2,10,14,17H2,1H3/b12-3-. The van der Waals surface area contributed by atoms with Crippen LogP contribution in [0.25, 0.3) is 77.9 Å². The summed E-state index contributed by atoms with van der Waals surface area (Å²) in [6.45, 7) is 6.13. The predicted molar refractivity (Wildman–Crippen MR) is 192 cm³/mol. The van der Waals surface area contributed by atoms with Gasteiger partial charge in [-0.2, -0.15) is 0 Å². The number of hydrogen-bond acceptors (Lipinski definition) is 0. The summed E-state index contributed by atoms with van der Waals surface area (Å²) < 4.78 is 0. The fourth-order valence-electron chi connectivity index (χ4n) is 7.49. The van der Waals surface area contributed by atoms with Gasteiger partial charge in [-0.25, -0.2) is 0 Å². The van der Waals surface area contributed by atoms with Gasteiger partial charge < -0.3 is 0 Å².